The number of hydrogen-bond donors (Lipinski definition) is 0. The van der Waals surface area contributed by atoms with Crippen molar-refractivity contribution in [3.8, 4) is 11.1 Å². The Balaban J connectivity index is 0.00000290. The fourth-order valence-corrected chi connectivity index (χ4v) is 12.6. The molecule has 0 bridgehead atoms. The number of benzene rings is 5. The van der Waals surface area contributed by atoms with Crippen molar-refractivity contribution in [2.45, 2.75) is 108 Å². The molecule has 0 radical (unpaired) electrons. The number of rotatable bonds is 4. The van der Waals surface area contributed by atoms with E-state index in [1.54, 1.807) is 14.4 Å². The van der Waals surface area contributed by atoms with Gasteiger partial charge in [0.2, 0.25) is 0 Å². The average Bonchev–Trinajstić information content (AvgIpc) is 3.65. The second-order valence-electron chi connectivity index (χ2n) is 19.3. The molecule has 55 heavy (non-hydrogen) atoms. The molecule has 0 fully saturated rings. The largest absolute Gasteiger partial charge is 1.00 e. The van der Waals surface area contributed by atoms with E-state index in [0.29, 0.717) is 3.63 Å². The van der Waals surface area contributed by atoms with E-state index >= 15 is 0 Å². The van der Waals surface area contributed by atoms with Crippen molar-refractivity contribution in [3.05, 3.63) is 168 Å². The van der Waals surface area contributed by atoms with Crippen LogP contribution in [0.3, 0.4) is 0 Å². The summed E-state index contributed by atoms with van der Waals surface area (Å²) in [6, 6.07) is 34.5. The molecule has 0 heterocycles. The molecule has 5 aromatic rings. The SMILES string of the molecule is CC(C)(C)c1cc2c(cc1C(C)(C)C)[CH]([Zr+2][C]1=CC=CC1=C(c1ccc(Cl)cc1)c1cccc3ccccc13)c1cc(C(C)(C)C)c(C(C)(C)C)cc1-2.[Cl-].[Cl-]. The summed E-state index contributed by atoms with van der Waals surface area (Å²) in [4.78, 5) is 0. The molecule has 0 unspecified atom stereocenters. The predicted octanol–water partition coefficient (Wildman–Crippen LogP) is 8.80. The van der Waals surface area contributed by atoms with Crippen LogP contribution >= 0.6 is 11.6 Å². The number of halogens is 3. The fraction of sp³-hybridized carbons (Fsp3) is 0.333. The Hall–Kier alpha value is -2.67. The van der Waals surface area contributed by atoms with E-state index in [1.165, 1.54) is 66.4 Å². The molecule has 0 saturated heterocycles. The van der Waals surface area contributed by atoms with Crippen LogP contribution < -0.4 is 24.8 Å². The van der Waals surface area contributed by atoms with Gasteiger partial charge in [-0.15, -0.1) is 0 Å². The van der Waals surface area contributed by atoms with E-state index in [-0.39, 0.29) is 46.5 Å². The third-order valence-electron chi connectivity index (χ3n) is 11.1. The maximum Gasteiger partial charge on any atom is -1.00 e. The summed E-state index contributed by atoms with van der Waals surface area (Å²) in [6.07, 6.45) is 7.13. The molecule has 2 aliphatic carbocycles. The first-order valence-corrected chi connectivity index (χ1v) is 22.3. The van der Waals surface area contributed by atoms with Crippen molar-refractivity contribution in [1.82, 2.24) is 0 Å². The minimum atomic E-state index is -1.32. The van der Waals surface area contributed by atoms with Crippen molar-refractivity contribution in [3.63, 3.8) is 0 Å². The van der Waals surface area contributed by atoms with Gasteiger partial charge in [-0.1, -0.05) is 0 Å². The molecule has 0 spiro atoms. The van der Waals surface area contributed by atoms with Crippen LogP contribution in [0.2, 0.25) is 5.02 Å². The predicted molar refractivity (Wildman–Crippen MR) is 227 cm³/mol. The van der Waals surface area contributed by atoms with Crippen molar-refractivity contribution in [2.24, 2.45) is 0 Å². The van der Waals surface area contributed by atoms with E-state index in [2.05, 4.69) is 180 Å². The van der Waals surface area contributed by atoms with Gasteiger partial charge in [-0.25, -0.2) is 0 Å². The molecule has 2 aliphatic rings. The van der Waals surface area contributed by atoms with Crippen LogP contribution in [-0.2, 0) is 44.9 Å². The van der Waals surface area contributed by atoms with Gasteiger partial charge in [0.05, 0.1) is 0 Å². The Morgan fingerprint density at radius 1 is 0.564 bits per heavy atom. The molecule has 7 rings (SSSR count). The topological polar surface area (TPSA) is 0 Å². The molecule has 5 aromatic carbocycles. The quantitative estimate of drug-likeness (QED) is 0.170. The zero-order valence-corrected chi connectivity index (χ0v) is 39.3. The monoisotopic (exact) mass is 862 g/mol. The zero-order valence-electron chi connectivity index (χ0n) is 34.6. The molecule has 0 amide bonds. The van der Waals surface area contributed by atoms with Crippen LogP contribution in [0.15, 0.2) is 118 Å². The Morgan fingerprint density at radius 2 is 1.04 bits per heavy atom. The Morgan fingerprint density at radius 3 is 1.55 bits per heavy atom. The average molecular weight is 866 g/mol. The third-order valence-corrected chi connectivity index (χ3v) is 15.4. The van der Waals surface area contributed by atoms with Crippen LogP contribution in [0, 0.1) is 0 Å². The summed E-state index contributed by atoms with van der Waals surface area (Å²) in [5.74, 6) is 0. The Bertz CT molecular complexity index is 2260. The normalized spacial score (nSPS) is 15.2. The van der Waals surface area contributed by atoms with Gasteiger partial charge in [0, 0.05) is 0 Å². The first kappa shape index (κ1) is 43.5. The molecule has 0 nitrogen and oxygen atoms in total. The Kier molecular flexibility index (Phi) is 12.3. The van der Waals surface area contributed by atoms with Gasteiger partial charge in [-0.2, -0.15) is 0 Å². The molecule has 0 N–H and O–H groups in total. The molecule has 0 saturated carbocycles. The fourth-order valence-electron chi connectivity index (χ4n) is 8.42. The van der Waals surface area contributed by atoms with Crippen molar-refractivity contribution in [2.75, 3.05) is 0 Å². The van der Waals surface area contributed by atoms with Gasteiger partial charge in [-0.05, 0) is 0 Å². The summed E-state index contributed by atoms with van der Waals surface area (Å²) < 4.78 is 1.94. The Labute approximate surface area is 360 Å². The van der Waals surface area contributed by atoms with Gasteiger partial charge in [0.1, 0.15) is 0 Å². The van der Waals surface area contributed by atoms with Crippen LogP contribution in [-0.4, -0.2) is 0 Å². The summed E-state index contributed by atoms with van der Waals surface area (Å²) in [6.45, 7) is 28.7. The van der Waals surface area contributed by atoms with Gasteiger partial charge >= 0.3 is 338 Å². The minimum Gasteiger partial charge on any atom is -1.00 e. The first-order chi connectivity index (χ1) is 24.7. The number of allylic oxidation sites excluding steroid dienone is 5. The summed E-state index contributed by atoms with van der Waals surface area (Å²) >= 11 is 5.17. The molecule has 284 valence electrons. The van der Waals surface area contributed by atoms with Gasteiger partial charge in [0.25, 0.3) is 0 Å². The van der Waals surface area contributed by atoms with Crippen molar-refractivity contribution >= 4 is 27.9 Å². The van der Waals surface area contributed by atoms with Crippen LogP contribution in [0.5, 0.6) is 0 Å². The van der Waals surface area contributed by atoms with E-state index in [0.717, 1.165) is 5.02 Å². The van der Waals surface area contributed by atoms with Crippen LogP contribution in [0.4, 0.5) is 0 Å². The first-order valence-electron chi connectivity index (χ1n) is 19.3. The maximum atomic E-state index is 6.49. The zero-order chi connectivity index (χ0) is 38.2. The van der Waals surface area contributed by atoms with Crippen molar-refractivity contribution < 1.29 is 48.0 Å². The van der Waals surface area contributed by atoms with E-state index in [4.69, 9.17) is 11.6 Å². The van der Waals surface area contributed by atoms with E-state index in [1.807, 2.05) is 12.1 Å². The number of hydrogen-bond acceptors (Lipinski definition) is 0. The van der Waals surface area contributed by atoms with Gasteiger partial charge < -0.3 is 24.8 Å². The molecule has 0 aromatic heterocycles. The smallest absolute Gasteiger partial charge is 1.00 e. The second kappa shape index (κ2) is 15.6. The molecule has 0 aliphatic heterocycles. The molecular weight excluding hydrogens is 810 g/mol. The second-order valence-corrected chi connectivity index (χ2v) is 23.2. The number of fused-ring (bicyclic) bond motifs is 4. The van der Waals surface area contributed by atoms with Crippen LogP contribution in [0.25, 0.3) is 27.5 Å². The van der Waals surface area contributed by atoms with E-state index in [9.17, 15) is 0 Å². The third kappa shape index (κ3) is 8.35. The molecule has 4 heteroatoms. The summed E-state index contributed by atoms with van der Waals surface area (Å²) in [5, 5.41) is 3.30. The molecular formula is C51H55Cl3Zr. The van der Waals surface area contributed by atoms with Gasteiger partial charge in [-0.3, -0.25) is 0 Å². The standard InChI is InChI=1S/C29H41.C22H14Cl.2ClH.Zr/c1-26(2,3)22-14-18-13-19-15-23(27(4,5)6)25(29(10,11)12)17-21(19)20(18)16-24(22)28(7,8)9;23-19-14-12-18(13-15-19)22(17-7-1-2-8-17)21-11-5-9-16-6-3-4-10-20(16)21;;;/h13-17H,1-12H3;1-7,9-15H;2*1H;/q;;;;+2/p-2. The van der Waals surface area contributed by atoms with Crippen LogP contribution in [0.1, 0.15) is 131 Å². The molecule has 0 atom stereocenters. The van der Waals surface area contributed by atoms with Gasteiger partial charge in [0.15, 0.2) is 0 Å². The van der Waals surface area contributed by atoms with E-state index < -0.39 is 23.2 Å². The summed E-state index contributed by atoms with van der Waals surface area (Å²) in [7, 11) is 0. The minimum absolute atomic E-state index is 0. The maximum absolute atomic E-state index is 6.49. The van der Waals surface area contributed by atoms with Crippen molar-refractivity contribution in [1.29, 1.82) is 0 Å². The summed E-state index contributed by atoms with van der Waals surface area (Å²) in [5.41, 5.74) is 17.2.